The number of fused-ring (bicyclic) bond motifs is 1. The van der Waals surface area contributed by atoms with Crippen molar-refractivity contribution in [2.75, 3.05) is 20.7 Å². The molecule has 1 aromatic heterocycles. The van der Waals surface area contributed by atoms with Gasteiger partial charge in [0.2, 0.25) is 0 Å². The highest BCUT2D eigenvalue weighted by atomic mass is 16.3. The van der Waals surface area contributed by atoms with E-state index < -0.39 is 0 Å². The molecule has 1 unspecified atom stereocenters. The van der Waals surface area contributed by atoms with Crippen molar-refractivity contribution in [1.29, 1.82) is 0 Å². The molecule has 0 amide bonds. The molecule has 1 N–H and O–H groups in total. The van der Waals surface area contributed by atoms with E-state index >= 15 is 0 Å². The van der Waals surface area contributed by atoms with E-state index in [1.54, 1.807) is 0 Å². The molecule has 0 bridgehead atoms. The summed E-state index contributed by atoms with van der Waals surface area (Å²) in [6.07, 6.45) is 0.714. The van der Waals surface area contributed by atoms with Gasteiger partial charge in [-0.15, -0.1) is 0 Å². The molecule has 0 aliphatic heterocycles. The number of oxazole rings is 1. The Hall–Kier alpha value is -1.39. The summed E-state index contributed by atoms with van der Waals surface area (Å²) in [5.74, 6) is 0.681. The van der Waals surface area contributed by atoms with Crippen molar-refractivity contribution in [2.45, 2.75) is 19.4 Å². The lowest BCUT2D eigenvalue weighted by molar-refractivity contribution is 0.211. The van der Waals surface area contributed by atoms with E-state index in [-0.39, 0.29) is 12.6 Å². The van der Waals surface area contributed by atoms with Crippen LogP contribution >= 0.6 is 0 Å². The number of rotatable bonds is 4. The van der Waals surface area contributed by atoms with E-state index in [1.807, 2.05) is 39.2 Å². The molecule has 1 heterocycles. The fourth-order valence-electron chi connectivity index (χ4n) is 2.11. The lowest BCUT2D eigenvalue weighted by Crippen LogP contribution is -2.20. The maximum atomic E-state index is 9.10. The molecule has 1 atom stereocenters. The second-order valence-electron chi connectivity index (χ2n) is 4.45. The average molecular weight is 234 g/mol. The molecular weight excluding hydrogens is 216 g/mol. The summed E-state index contributed by atoms with van der Waals surface area (Å²) in [5, 5.41) is 9.10. The van der Waals surface area contributed by atoms with Gasteiger partial charge in [0.25, 0.3) is 0 Å². The summed E-state index contributed by atoms with van der Waals surface area (Å²) in [7, 11) is 4.02. The number of hydrogen-bond donors (Lipinski definition) is 1. The zero-order chi connectivity index (χ0) is 12.4. The lowest BCUT2D eigenvalue weighted by atomic mass is 10.0. The number of aliphatic hydroxyl groups is 1. The fraction of sp³-hybridized carbons (Fsp3) is 0.462. The second-order valence-corrected chi connectivity index (χ2v) is 4.45. The number of aryl methyl sites for hydroxylation is 1. The predicted molar refractivity (Wildman–Crippen MR) is 66.9 cm³/mol. The highest BCUT2D eigenvalue weighted by Gasteiger charge is 2.15. The number of aromatic nitrogens is 1. The number of hydrogen-bond acceptors (Lipinski definition) is 4. The smallest absolute Gasteiger partial charge is 0.192 e. The highest BCUT2D eigenvalue weighted by Crippen LogP contribution is 2.25. The van der Waals surface area contributed by atoms with E-state index in [1.165, 1.54) is 0 Å². The van der Waals surface area contributed by atoms with Gasteiger partial charge in [-0.05, 0) is 38.2 Å². The van der Waals surface area contributed by atoms with Gasteiger partial charge in [0.15, 0.2) is 11.5 Å². The minimum atomic E-state index is 0.177. The van der Waals surface area contributed by atoms with Crippen LogP contribution in [0.3, 0.4) is 0 Å². The molecule has 1 aromatic carbocycles. The SMILES string of the molecule is Cc1nc2ccc(C(CCO)N(C)C)cc2o1. The third kappa shape index (κ3) is 2.48. The minimum absolute atomic E-state index is 0.177. The fourth-order valence-corrected chi connectivity index (χ4v) is 2.11. The van der Waals surface area contributed by atoms with Gasteiger partial charge >= 0.3 is 0 Å². The summed E-state index contributed by atoms with van der Waals surface area (Å²) in [6.45, 7) is 2.02. The van der Waals surface area contributed by atoms with Gasteiger partial charge in [0.1, 0.15) is 5.52 Å². The van der Waals surface area contributed by atoms with Gasteiger partial charge in [-0.2, -0.15) is 0 Å². The van der Waals surface area contributed by atoms with Gasteiger partial charge in [0.05, 0.1) is 0 Å². The predicted octanol–water partition coefficient (Wildman–Crippen LogP) is 2.12. The van der Waals surface area contributed by atoms with Crippen molar-refractivity contribution in [1.82, 2.24) is 9.88 Å². The van der Waals surface area contributed by atoms with Crippen LogP contribution in [0.4, 0.5) is 0 Å². The Balaban J connectivity index is 2.39. The third-order valence-corrected chi connectivity index (χ3v) is 2.93. The van der Waals surface area contributed by atoms with Crippen molar-refractivity contribution in [3.8, 4) is 0 Å². The number of nitrogens with zero attached hydrogens (tertiary/aromatic N) is 2. The normalized spacial score (nSPS) is 13.5. The summed E-state index contributed by atoms with van der Waals surface area (Å²) in [5.41, 5.74) is 2.84. The molecule has 2 aromatic rings. The Morgan fingerprint density at radius 1 is 1.41 bits per heavy atom. The standard InChI is InChI=1S/C13H18N2O2/c1-9-14-11-5-4-10(8-13(11)17-9)12(6-7-16)15(2)3/h4-5,8,12,16H,6-7H2,1-3H3. The Morgan fingerprint density at radius 2 is 2.18 bits per heavy atom. The zero-order valence-electron chi connectivity index (χ0n) is 10.5. The van der Waals surface area contributed by atoms with Crippen molar-refractivity contribution in [3.05, 3.63) is 29.7 Å². The quantitative estimate of drug-likeness (QED) is 0.880. The third-order valence-electron chi connectivity index (χ3n) is 2.93. The first-order valence-electron chi connectivity index (χ1n) is 5.76. The average Bonchev–Trinajstić information content (AvgIpc) is 2.64. The monoisotopic (exact) mass is 234 g/mol. The van der Waals surface area contributed by atoms with Gasteiger partial charge in [-0.3, -0.25) is 0 Å². The minimum Gasteiger partial charge on any atom is -0.441 e. The second kappa shape index (κ2) is 4.85. The molecule has 0 saturated heterocycles. The Labute approximate surface area is 101 Å². The molecule has 0 spiro atoms. The molecule has 0 aliphatic carbocycles. The van der Waals surface area contributed by atoms with Crippen LogP contribution in [0.2, 0.25) is 0 Å². The molecule has 0 saturated carbocycles. The van der Waals surface area contributed by atoms with Crippen LogP contribution in [0.1, 0.15) is 23.9 Å². The molecule has 4 heteroatoms. The summed E-state index contributed by atoms with van der Waals surface area (Å²) in [4.78, 5) is 6.37. The van der Waals surface area contributed by atoms with Gasteiger partial charge < -0.3 is 14.4 Å². The van der Waals surface area contributed by atoms with Crippen LogP contribution in [0.15, 0.2) is 22.6 Å². The van der Waals surface area contributed by atoms with E-state index in [9.17, 15) is 0 Å². The molecular formula is C13H18N2O2. The molecule has 17 heavy (non-hydrogen) atoms. The van der Waals surface area contributed by atoms with Gasteiger partial charge in [-0.1, -0.05) is 6.07 Å². The van der Waals surface area contributed by atoms with Crippen LogP contribution in [0.5, 0.6) is 0 Å². The Kier molecular flexibility index (Phi) is 3.45. The van der Waals surface area contributed by atoms with Crippen LogP contribution < -0.4 is 0 Å². The zero-order valence-corrected chi connectivity index (χ0v) is 10.5. The van der Waals surface area contributed by atoms with E-state index in [0.29, 0.717) is 12.3 Å². The molecule has 92 valence electrons. The van der Waals surface area contributed by atoms with Gasteiger partial charge in [0, 0.05) is 19.6 Å². The maximum Gasteiger partial charge on any atom is 0.192 e. The van der Waals surface area contributed by atoms with E-state index in [4.69, 9.17) is 9.52 Å². The van der Waals surface area contributed by atoms with Crippen LogP contribution in [0, 0.1) is 6.92 Å². The first-order valence-corrected chi connectivity index (χ1v) is 5.76. The van der Waals surface area contributed by atoms with Crippen molar-refractivity contribution in [2.24, 2.45) is 0 Å². The molecule has 0 fully saturated rings. The van der Waals surface area contributed by atoms with Crippen molar-refractivity contribution in [3.63, 3.8) is 0 Å². The Bertz CT molecular complexity index is 505. The summed E-state index contributed by atoms with van der Waals surface area (Å²) < 4.78 is 5.52. The number of benzene rings is 1. The maximum absolute atomic E-state index is 9.10. The number of aliphatic hydroxyl groups excluding tert-OH is 1. The van der Waals surface area contributed by atoms with Crippen LogP contribution in [0.25, 0.3) is 11.1 Å². The van der Waals surface area contributed by atoms with Crippen molar-refractivity contribution < 1.29 is 9.52 Å². The summed E-state index contributed by atoms with van der Waals surface area (Å²) in [6, 6.07) is 6.23. The first kappa shape index (κ1) is 12.1. The highest BCUT2D eigenvalue weighted by molar-refractivity contribution is 5.73. The largest absolute Gasteiger partial charge is 0.441 e. The molecule has 0 radical (unpaired) electrons. The van der Waals surface area contributed by atoms with E-state index in [2.05, 4.69) is 9.88 Å². The molecule has 2 rings (SSSR count). The van der Waals surface area contributed by atoms with E-state index in [0.717, 1.165) is 16.7 Å². The first-order chi connectivity index (χ1) is 8.11. The lowest BCUT2D eigenvalue weighted by Gasteiger charge is -2.23. The molecule has 4 nitrogen and oxygen atoms in total. The molecule has 0 aliphatic rings. The topological polar surface area (TPSA) is 49.5 Å². The van der Waals surface area contributed by atoms with Crippen molar-refractivity contribution >= 4 is 11.1 Å². The van der Waals surface area contributed by atoms with Crippen LogP contribution in [-0.2, 0) is 0 Å². The van der Waals surface area contributed by atoms with Crippen LogP contribution in [-0.4, -0.2) is 35.7 Å². The summed E-state index contributed by atoms with van der Waals surface area (Å²) >= 11 is 0. The van der Waals surface area contributed by atoms with Gasteiger partial charge in [-0.25, -0.2) is 4.98 Å². The Morgan fingerprint density at radius 3 is 2.82 bits per heavy atom.